The number of piperazine rings is 1. The number of rotatable bonds is 4. The van der Waals surface area contributed by atoms with Crippen molar-refractivity contribution in [1.29, 1.82) is 0 Å². The summed E-state index contributed by atoms with van der Waals surface area (Å²) in [6, 6.07) is 12.6. The van der Waals surface area contributed by atoms with Crippen LogP contribution in [0.2, 0.25) is 0 Å². The molecular formula is C23H27N3O3. The van der Waals surface area contributed by atoms with Gasteiger partial charge in [-0.25, -0.2) is 4.79 Å². The smallest absolute Gasteiger partial charge is 0.317 e. The first kappa shape index (κ1) is 18.2. The first-order valence-corrected chi connectivity index (χ1v) is 10.6. The van der Waals surface area contributed by atoms with Gasteiger partial charge >= 0.3 is 6.03 Å². The summed E-state index contributed by atoms with van der Waals surface area (Å²) in [6.07, 6.45) is 2.65. The van der Waals surface area contributed by atoms with Crippen LogP contribution >= 0.6 is 0 Å². The minimum absolute atomic E-state index is 0.0269. The van der Waals surface area contributed by atoms with E-state index in [1.807, 2.05) is 11.0 Å². The quantitative estimate of drug-likeness (QED) is 0.868. The van der Waals surface area contributed by atoms with Crippen molar-refractivity contribution in [3.63, 3.8) is 0 Å². The molecule has 2 aromatic rings. The number of nitrogens with zero attached hydrogens (tertiary/aromatic N) is 2. The summed E-state index contributed by atoms with van der Waals surface area (Å²) in [5, 5.41) is 3.11. The maximum absolute atomic E-state index is 12.6. The van der Waals surface area contributed by atoms with E-state index in [2.05, 4.69) is 40.5 Å². The van der Waals surface area contributed by atoms with Crippen LogP contribution in [0.5, 0.6) is 11.5 Å². The number of carbonyl (C=O) groups excluding carboxylic acids is 1. The number of carbonyl (C=O) groups is 1. The average molecular weight is 393 g/mol. The summed E-state index contributed by atoms with van der Waals surface area (Å²) >= 11 is 0. The van der Waals surface area contributed by atoms with Crippen molar-refractivity contribution in [2.24, 2.45) is 0 Å². The number of hydrogen-bond donors (Lipinski definition) is 1. The highest BCUT2D eigenvalue weighted by Crippen LogP contribution is 2.40. The second-order valence-corrected chi connectivity index (χ2v) is 7.81. The van der Waals surface area contributed by atoms with Crippen LogP contribution in [-0.2, 0) is 19.3 Å². The highest BCUT2D eigenvalue weighted by atomic mass is 16.5. The van der Waals surface area contributed by atoms with Crippen molar-refractivity contribution in [3.8, 4) is 11.5 Å². The van der Waals surface area contributed by atoms with Crippen LogP contribution in [0.1, 0.15) is 16.7 Å². The van der Waals surface area contributed by atoms with E-state index in [-0.39, 0.29) is 6.03 Å². The summed E-state index contributed by atoms with van der Waals surface area (Å²) in [6.45, 7) is 5.31. The van der Waals surface area contributed by atoms with Gasteiger partial charge in [0.1, 0.15) is 11.5 Å². The van der Waals surface area contributed by atoms with Gasteiger partial charge < -0.3 is 24.6 Å². The number of para-hydroxylation sites is 1. The zero-order valence-electron chi connectivity index (χ0n) is 16.7. The van der Waals surface area contributed by atoms with Crippen molar-refractivity contribution in [3.05, 3.63) is 53.1 Å². The van der Waals surface area contributed by atoms with Gasteiger partial charge in [0.05, 0.1) is 13.2 Å². The van der Waals surface area contributed by atoms with Gasteiger partial charge in [-0.3, -0.25) is 0 Å². The van der Waals surface area contributed by atoms with E-state index in [4.69, 9.17) is 9.47 Å². The Morgan fingerprint density at radius 2 is 1.79 bits per heavy atom. The normalized spacial score (nSPS) is 17.4. The molecule has 1 saturated heterocycles. The molecule has 3 heterocycles. The Hall–Kier alpha value is -2.89. The van der Waals surface area contributed by atoms with E-state index >= 15 is 0 Å². The highest BCUT2D eigenvalue weighted by Gasteiger charge is 2.26. The van der Waals surface area contributed by atoms with Gasteiger partial charge in [-0.05, 0) is 24.6 Å². The number of urea groups is 1. The Labute approximate surface area is 171 Å². The van der Waals surface area contributed by atoms with Gasteiger partial charge in [0.15, 0.2) is 0 Å². The number of fused-ring (bicyclic) bond motifs is 2. The third-order valence-electron chi connectivity index (χ3n) is 6.10. The SMILES string of the molecule is O=C(NCCc1c2c(cc3c1OCC3)OCC2)N1CCN(c2ccccc2)CC1. The van der Waals surface area contributed by atoms with Crippen LogP contribution in [0.3, 0.4) is 0 Å². The molecule has 3 aliphatic rings. The molecule has 5 rings (SSSR count). The van der Waals surface area contributed by atoms with E-state index in [0.717, 1.165) is 70.2 Å². The van der Waals surface area contributed by atoms with Gasteiger partial charge in [-0.2, -0.15) is 0 Å². The third-order valence-corrected chi connectivity index (χ3v) is 6.10. The van der Waals surface area contributed by atoms with Gasteiger partial charge in [0, 0.05) is 67.9 Å². The fourth-order valence-corrected chi connectivity index (χ4v) is 4.56. The van der Waals surface area contributed by atoms with Gasteiger partial charge in [0.2, 0.25) is 0 Å². The third kappa shape index (κ3) is 3.59. The highest BCUT2D eigenvalue weighted by molar-refractivity contribution is 5.74. The fourth-order valence-electron chi connectivity index (χ4n) is 4.56. The lowest BCUT2D eigenvalue weighted by molar-refractivity contribution is 0.194. The lowest BCUT2D eigenvalue weighted by Gasteiger charge is -2.36. The van der Waals surface area contributed by atoms with E-state index < -0.39 is 0 Å². The predicted octanol–water partition coefficient (Wildman–Crippen LogP) is 2.63. The van der Waals surface area contributed by atoms with E-state index in [1.54, 1.807) is 0 Å². The molecule has 6 heteroatoms. The first-order valence-electron chi connectivity index (χ1n) is 10.6. The summed E-state index contributed by atoms with van der Waals surface area (Å²) in [4.78, 5) is 16.9. The Kier molecular flexibility index (Phi) is 4.92. The molecule has 0 bridgehead atoms. The molecule has 0 atom stereocenters. The first-order chi connectivity index (χ1) is 14.3. The van der Waals surface area contributed by atoms with Crippen molar-refractivity contribution in [1.82, 2.24) is 10.2 Å². The Bertz CT molecular complexity index is 860. The minimum Gasteiger partial charge on any atom is -0.493 e. The average Bonchev–Trinajstić information content (AvgIpc) is 3.43. The molecule has 2 aromatic carbocycles. The van der Waals surface area contributed by atoms with Crippen LogP contribution in [-0.4, -0.2) is 56.9 Å². The van der Waals surface area contributed by atoms with Crippen molar-refractivity contribution >= 4 is 11.7 Å². The molecule has 152 valence electrons. The summed E-state index contributed by atoms with van der Waals surface area (Å²) in [7, 11) is 0. The number of ether oxygens (including phenoxy) is 2. The Morgan fingerprint density at radius 3 is 2.62 bits per heavy atom. The minimum atomic E-state index is 0.0269. The topological polar surface area (TPSA) is 54.0 Å². The van der Waals surface area contributed by atoms with E-state index in [1.165, 1.54) is 22.4 Å². The second kappa shape index (κ2) is 7.85. The molecule has 0 saturated carbocycles. The van der Waals surface area contributed by atoms with Crippen LogP contribution in [0, 0.1) is 0 Å². The fraction of sp³-hybridized carbons (Fsp3) is 0.435. The van der Waals surface area contributed by atoms with Crippen molar-refractivity contribution < 1.29 is 14.3 Å². The van der Waals surface area contributed by atoms with E-state index in [9.17, 15) is 4.79 Å². The number of amides is 2. The molecule has 0 aromatic heterocycles. The maximum atomic E-state index is 12.6. The molecule has 0 radical (unpaired) electrons. The van der Waals surface area contributed by atoms with Gasteiger partial charge in [-0.15, -0.1) is 0 Å². The maximum Gasteiger partial charge on any atom is 0.317 e. The van der Waals surface area contributed by atoms with Crippen LogP contribution in [0.15, 0.2) is 36.4 Å². The molecule has 1 N–H and O–H groups in total. The molecule has 0 spiro atoms. The summed E-state index contributed by atoms with van der Waals surface area (Å²) in [5.74, 6) is 2.03. The number of benzene rings is 2. The molecule has 0 aliphatic carbocycles. The molecule has 0 unspecified atom stereocenters. The zero-order chi connectivity index (χ0) is 19.6. The molecule has 2 amide bonds. The molecular weight excluding hydrogens is 366 g/mol. The standard InChI is InChI=1S/C23H27N3O3/c27-23(26-12-10-25(11-13-26)18-4-2-1-3-5-18)24-9-6-20-19-8-15-28-21(19)16-17-7-14-29-22(17)20/h1-5,16H,6-15H2,(H,24,27). The largest absolute Gasteiger partial charge is 0.493 e. The Balaban J connectivity index is 1.16. The second-order valence-electron chi connectivity index (χ2n) is 7.81. The van der Waals surface area contributed by atoms with Crippen LogP contribution < -0.4 is 19.7 Å². The molecule has 29 heavy (non-hydrogen) atoms. The van der Waals surface area contributed by atoms with Crippen LogP contribution in [0.25, 0.3) is 0 Å². The lowest BCUT2D eigenvalue weighted by Crippen LogP contribution is -2.52. The molecule has 3 aliphatic heterocycles. The van der Waals surface area contributed by atoms with Crippen molar-refractivity contribution in [2.45, 2.75) is 19.3 Å². The number of hydrogen-bond acceptors (Lipinski definition) is 4. The lowest BCUT2D eigenvalue weighted by atomic mass is 9.97. The van der Waals surface area contributed by atoms with Gasteiger partial charge in [0.25, 0.3) is 0 Å². The van der Waals surface area contributed by atoms with Crippen LogP contribution in [0.4, 0.5) is 10.5 Å². The monoisotopic (exact) mass is 393 g/mol. The summed E-state index contributed by atoms with van der Waals surface area (Å²) in [5.41, 5.74) is 4.95. The zero-order valence-corrected chi connectivity index (χ0v) is 16.7. The van der Waals surface area contributed by atoms with E-state index in [0.29, 0.717) is 6.54 Å². The molecule has 1 fully saturated rings. The number of anilines is 1. The van der Waals surface area contributed by atoms with Crippen molar-refractivity contribution in [2.75, 3.05) is 50.8 Å². The number of nitrogens with one attached hydrogen (secondary N) is 1. The Morgan fingerprint density at radius 1 is 1.00 bits per heavy atom. The van der Waals surface area contributed by atoms with Gasteiger partial charge in [-0.1, -0.05) is 18.2 Å². The predicted molar refractivity (Wildman–Crippen MR) is 112 cm³/mol. The summed E-state index contributed by atoms with van der Waals surface area (Å²) < 4.78 is 11.7. The molecule has 6 nitrogen and oxygen atoms in total.